The van der Waals surface area contributed by atoms with E-state index in [1.807, 2.05) is 0 Å². The van der Waals surface area contributed by atoms with Gasteiger partial charge in [0, 0.05) is 32.7 Å². The molecule has 0 heterocycles. The fourth-order valence-corrected chi connectivity index (χ4v) is 1.17. The zero-order valence-corrected chi connectivity index (χ0v) is 10.3. The number of aryl methyl sites for hydroxylation is 3. The Morgan fingerprint density at radius 1 is 1.27 bits per heavy atom. The van der Waals surface area contributed by atoms with Crippen LogP contribution in [0, 0.1) is 19.9 Å². The molecule has 0 aliphatic heterocycles. The normalized spacial score (nSPS) is 9.00. The van der Waals surface area contributed by atoms with Crippen LogP contribution in [-0.4, -0.2) is 0 Å². The summed E-state index contributed by atoms with van der Waals surface area (Å²) in [5, 5.41) is 0. The van der Waals surface area contributed by atoms with E-state index in [1.165, 1.54) is 16.7 Å². The summed E-state index contributed by atoms with van der Waals surface area (Å²) in [6.45, 7) is 6.37. The third-order valence-corrected chi connectivity index (χ3v) is 1.58. The molecular formula is C10H13Y-. The second-order valence-electron chi connectivity index (χ2n) is 2.72. The van der Waals surface area contributed by atoms with Gasteiger partial charge >= 0.3 is 0 Å². The van der Waals surface area contributed by atoms with Gasteiger partial charge in [0.1, 0.15) is 0 Å². The molecule has 1 aromatic rings. The SMILES string of the molecule is CCc1[c-]c(C)cc(C)c1.[Y]. The van der Waals surface area contributed by atoms with Crippen molar-refractivity contribution in [1.82, 2.24) is 0 Å². The molecule has 0 bridgehead atoms. The van der Waals surface area contributed by atoms with Crippen molar-refractivity contribution in [3.8, 4) is 0 Å². The molecule has 0 atom stereocenters. The summed E-state index contributed by atoms with van der Waals surface area (Å²) in [5.74, 6) is 0. The van der Waals surface area contributed by atoms with Gasteiger partial charge in [0.05, 0.1) is 0 Å². The van der Waals surface area contributed by atoms with Gasteiger partial charge in [-0.15, -0.1) is 0 Å². The van der Waals surface area contributed by atoms with E-state index in [9.17, 15) is 0 Å². The van der Waals surface area contributed by atoms with Crippen LogP contribution in [0.3, 0.4) is 0 Å². The zero-order valence-electron chi connectivity index (χ0n) is 7.44. The summed E-state index contributed by atoms with van der Waals surface area (Å²) in [6, 6.07) is 7.64. The maximum Gasteiger partial charge on any atom is 0 e. The third kappa shape index (κ3) is 3.49. The second kappa shape index (κ2) is 5.06. The first-order chi connectivity index (χ1) is 4.72. The molecule has 0 N–H and O–H groups in total. The minimum atomic E-state index is 0. The Bertz CT molecular complexity index is 208. The molecule has 0 aliphatic carbocycles. The van der Waals surface area contributed by atoms with E-state index in [0.29, 0.717) is 0 Å². The van der Waals surface area contributed by atoms with E-state index in [-0.39, 0.29) is 32.7 Å². The Balaban J connectivity index is 0.000001000. The Kier molecular flexibility index (Phi) is 5.20. The monoisotopic (exact) mass is 222 g/mol. The molecule has 11 heavy (non-hydrogen) atoms. The van der Waals surface area contributed by atoms with E-state index in [4.69, 9.17) is 0 Å². The van der Waals surface area contributed by atoms with Crippen molar-refractivity contribution in [2.45, 2.75) is 27.2 Å². The van der Waals surface area contributed by atoms with Crippen LogP contribution in [0.15, 0.2) is 12.1 Å². The quantitative estimate of drug-likeness (QED) is 0.641. The first kappa shape index (κ1) is 11.3. The van der Waals surface area contributed by atoms with Crippen molar-refractivity contribution in [3.05, 3.63) is 34.9 Å². The van der Waals surface area contributed by atoms with Crippen molar-refractivity contribution in [1.29, 1.82) is 0 Å². The molecule has 0 unspecified atom stereocenters. The average molecular weight is 222 g/mol. The minimum absolute atomic E-state index is 0. The second-order valence-corrected chi connectivity index (χ2v) is 2.72. The number of rotatable bonds is 1. The first-order valence-corrected chi connectivity index (χ1v) is 3.72. The zero-order chi connectivity index (χ0) is 7.56. The van der Waals surface area contributed by atoms with Crippen LogP contribution in [0.5, 0.6) is 0 Å². The average Bonchev–Trinajstić information content (AvgIpc) is 1.85. The molecule has 0 aliphatic rings. The summed E-state index contributed by atoms with van der Waals surface area (Å²) in [4.78, 5) is 0. The van der Waals surface area contributed by atoms with E-state index < -0.39 is 0 Å². The maximum absolute atomic E-state index is 3.30. The Hall–Kier alpha value is 0.324. The van der Waals surface area contributed by atoms with Gasteiger partial charge in [-0.05, 0) is 0 Å². The van der Waals surface area contributed by atoms with Crippen molar-refractivity contribution < 1.29 is 32.7 Å². The maximum atomic E-state index is 3.30. The van der Waals surface area contributed by atoms with Crippen LogP contribution in [0.4, 0.5) is 0 Å². The molecule has 0 aromatic heterocycles. The van der Waals surface area contributed by atoms with Crippen molar-refractivity contribution >= 4 is 0 Å². The fraction of sp³-hybridized carbons (Fsp3) is 0.400. The van der Waals surface area contributed by atoms with Gasteiger partial charge in [-0.25, -0.2) is 0 Å². The van der Waals surface area contributed by atoms with Crippen LogP contribution >= 0.6 is 0 Å². The van der Waals surface area contributed by atoms with E-state index in [1.54, 1.807) is 0 Å². The molecule has 1 rings (SSSR count). The molecule has 0 amide bonds. The van der Waals surface area contributed by atoms with Gasteiger partial charge in [-0.3, -0.25) is 0 Å². The van der Waals surface area contributed by atoms with Gasteiger partial charge < -0.3 is 0 Å². The Labute approximate surface area is 94.3 Å². The molecular weight excluding hydrogens is 209 g/mol. The molecule has 0 fully saturated rings. The van der Waals surface area contributed by atoms with Crippen molar-refractivity contribution in [2.75, 3.05) is 0 Å². The van der Waals surface area contributed by atoms with Gasteiger partial charge in [-0.1, -0.05) is 27.2 Å². The topological polar surface area (TPSA) is 0 Å². The van der Waals surface area contributed by atoms with Gasteiger partial charge in [0.15, 0.2) is 0 Å². The standard InChI is InChI=1S/C10H13.Y/c1-4-10-6-8(2)5-9(3)7-10;/h5-6H,4H2,1-3H3;/q-1;. The molecule has 1 radical (unpaired) electrons. The van der Waals surface area contributed by atoms with E-state index >= 15 is 0 Å². The van der Waals surface area contributed by atoms with Crippen molar-refractivity contribution in [3.63, 3.8) is 0 Å². The predicted octanol–water partition coefficient (Wildman–Crippen LogP) is 2.66. The summed E-state index contributed by atoms with van der Waals surface area (Å²) < 4.78 is 0. The van der Waals surface area contributed by atoms with Crippen LogP contribution in [0.1, 0.15) is 23.6 Å². The predicted molar refractivity (Wildman–Crippen MR) is 44.1 cm³/mol. The summed E-state index contributed by atoms with van der Waals surface area (Å²) in [6.07, 6.45) is 1.09. The number of benzene rings is 1. The molecule has 0 nitrogen and oxygen atoms in total. The first-order valence-electron chi connectivity index (χ1n) is 3.72. The number of hydrogen-bond donors (Lipinski definition) is 0. The van der Waals surface area contributed by atoms with Crippen molar-refractivity contribution in [2.24, 2.45) is 0 Å². The van der Waals surface area contributed by atoms with Gasteiger partial charge in [0.2, 0.25) is 0 Å². The van der Waals surface area contributed by atoms with Crippen LogP contribution in [-0.2, 0) is 39.1 Å². The van der Waals surface area contributed by atoms with Crippen LogP contribution < -0.4 is 0 Å². The molecule has 0 spiro atoms. The van der Waals surface area contributed by atoms with E-state index in [2.05, 4.69) is 39.0 Å². The molecule has 1 aromatic carbocycles. The van der Waals surface area contributed by atoms with Crippen LogP contribution in [0.2, 0.25) is 0 Å². The van der Waals surface area contributed by atoms with Crippen LogP contribution in [0.25, 0.3) is 0 Å². The molecule has 0 saturated carbocycles. The largest absolute Gasteiger partial charge is 0.177 e. The third-order valence-electron chi connectivity index (χ3n) is 1.58. The number of hydrogen-bond acceptors (Lipinski definition) is 0. The summed E-state index contributed by atoms with van der Waals surface area (Å²) >= 11 is 0. The fourth-order valence-electron chi connectivity index (χ4n) is 1.17. The van der Waals surface area contributed by atoms with Gasteiger partial charge in [0.25, 0.3) is 0 Å². The minimum Gasteiger partial charge on any atom is -0.177 e. The molecule has 57 valence electrons. The van der Waals surface area contributed by atoms with E-state index in [0.717, 1.165) is 6.42 Å². The molecule has 0 saturated heterocycles. The Morgan fingerprint density at radius 3 is 2.36 bits per heavy atom. The summed E-state index contributed by atoms with van der Waals surface area (Å²) in [5.41, 5.74) is 3.91. The molecule has 1 heteroatoms. The summed E-state index contributed by atoms with van der Waals surface area (Å²) in [7, 11) is 0. The van der Waals surface area contributed by atoms with Gasteiger partial charge in [-0.2, -0.15) is 34.9 Å². The Morgan fingerprint density at radius 2 is 1.91 bits per heavy atom. The smallest absolute Gasteiger partial charge is 0 e.